The van der Waals surface area contributed by atoms with Crippen LogP contribution in [-0.4, -0.2) is 40.7 Å². The lowest BCUT2D eigenvalue weighted by atomic mass is 9.85. The fraction of sp³-hybridized carbons (Fsp3) is 0.944. The van der Waals surface area contributed by atoms with Crippen LogP contribution in [-0.2, 0) is 18.7 Å². The van der Waals surface area contributed by atoms with Gasteiger partial charge in [-0.2, -0.15) is 0 Å². The Labute approximate surface area is 143 Å². The average molecular weight is 345 g/mol. The first kappa shape index (κ1) is 20.7. The summed E-state index contributed by atoms with van der Waals surface area (Å²) in [5.74, 6) is -0.177. The number of carbonyl (C=O) groups is 1. The van der Waals surface area contributed by atoms with Crippen LogP contribution in [0.2, 0.25) is 16.6 Å². The predicted octanol–water partition coefficient (Wildman–Crippen LogP) is 4.54. The van der Waals surface area contributed by atoms with E-state index in [1.165, 1.54) is 7.11 Å². The molecule has 1 saturated carbocycles. The number of ether oxygens (including phenoxy) is 2. The molecule has 3 atom stereocenters. The van der Waals surface area contributed by atoms with Crippen molar-refractivity contribution < 1.29 is 18.7 Å². The SMILES string of the molecule is COC(=O)[C@@H]1CC[C@@H](O[Si](C(C)C)(C(C)C)C(C)C)[C@H](OC)C1. The molecule has 5 heteroatoms. The highest BCUT2D eigenvalue weighted by Gasteiger charge is 2.48. The Balaban J connectivity index is 2.94. The molecule has 0 aromatic heterocycles. The molecule has 136 valence electrons. The molecule has 1 aliphatic carbocycles. The van der Waals surface area contributed by atoms with Crippen LogP contribution in [0.4, 0.5) is 0 Å². The number of esters is 1. The minimum absolute atomic E-state index is 0.0176. The van der Waals surface area contributed by atoms with E-state index in [1.54, 1.807) is 7.11 Å². The maximum atomic E-state index is 11.8. The van der Waals surface area contributed by atoms with E-state index < -0.39 is 8.32 Å². The molecule has 4 nitrogen and oxygen atoms in total. The van der Waals surface area contributed by atoms with Gasteiger partial charge in [0.05, 0.1) is 25.2 Å². The van der Waals surface area contributed by atoms with Crippen LogP contribution in [0.3, 0.4) is 0 Å². The van der Waals surface area contributed by atoms with Crippen LogP contribution in [0, 0.1) is 5.92 Å². The molecule has 0 aromatic carbocycles. The third-order valence-corrected chi connectivity index (χ3v) is 11.8. The molecule has 0 saturated heterocycles. The van der Waals surface area contributed by atoms with E-state index >= 15 is 0 Å². The lowest BCUT2D eigenvalue weighted by Crippen LogP contribution is -2.54. The topological polar surface area (TPSA) is 44.8 Å². The lowest BCUT2D eigenvalue weighted by Gasteiger charge is -2.47. The number of hydrogen-bond acceptors (Lipinski definition) is 4. The van der Waals surface area contributed by atoms with E-state index in [1.807, 2.05) is 0 Å². The van der Waals surface area contributed by atoms with Crippen molar-refractivity contribution in [1.82, 2.24) is 0 Å². The second kappa shape index (κ2) is 8.63. The zero-order valence-corrected chi connectivity index (χ0v) is 17.2. The maximum Gasteiger partial charge on any atom is 0.308 e. The molecule has 1 fully saturated rings. The van der Waals surface area contributed by atoms with E-state index in [2.05, 4.69) is 41.5 Å². The molecule has 0 aliphatic heterocycles. The van der Waals surface area contributed by atoms with Gasteiger partial charge in [-0.25, -0.2) is 0 Å². The van der Waals surface area contributed by atoms with E-state index in [0.717, 1.165) is 12.8 Å². The first-order valence-corrected chi connectivity index (χ1v) is 11.1. The van der Waals surface area contributed by atoms with Crippen LogP contribution in [0.25, 0.3) is 0 Å². The summed E-state index contributed by atoms with van der Waals surface area (Å²) in [4.78, 5) is 11.8. The van der Waals surface area contributed by atoms with Crippen molar-refractivity contribution >= 4 is 14.3 Å². The summed E-state index contributed by atoms with van der Waals surface area (Å²) >= 11 is 0. The summed E-state index contributed by atoms with van der Waals surface area (Å²) in [6, 6.07) is 0. The Morgan fingerprint density at radius 3 is 1.83 bits per heavy atom. The molecular formula is C18H36O4Si. The Kier molecular flexibility index (Phi) is 7.75. The van der Waals surface area contributed by atoms with E-state index in [9.17, 15) is 4.79 Å². The Bertz CT molecular complexity index is 359. The van der Waals surface area contributed by atoms with Crippen LogP contribution >= 0.6 is 0 Å². The van der Waals surface area contributed by atoms with Crippen molar-refractivity contribution in [1.29, 1.82) is 0 Å². The number of carbonyl (C=O) groups excluding carboxylic acids is 1. The quantitative estimate of drug-likeness (QED) is 0.502. The van der Waals surface area contributed by atoms with Crippen molar-refractivity contribution in [3.05, 3.63) is 0 Å². The van der Waals surface area contributed by atoms with E-state index in [0.29, 0.717) is 23.0 Å². The molecule has 0 spiro atoms. The van der Waals surface area contributed by atoms with Crippen molar-refractivity contribution in [2.24, 2.45) is 5.92 Å². The highest BCUT2D eigenvalue weighted by molar-refractivity contribution is 6.77. The van der Waals surface area contributed by atoms with Gasteiger partial charge in [0.25, 0.3) is 0 Å². The van der Waals surface area contributed by atoms with Crippen LogP contribution in [0.1, 0.15) is 60.8 Å². The van der Waals surface area contributed by atoms with Gasteiger partial charge in [0.2, 0.25) is 8.32 Å². The summed E-state index contributed by atoms with van der Waals surface area (Å²) in [6.07, 6.45) is 2.48. The summed E-state index contributed by atoms with van der Waals surface area (Å²) < 4.78 is 17.5. The summed E-state index contributed by atoms with van der Waals surface area (Å²) in [5.41, 5.74) is 1.66. The van der Waals surface area contributed by atoms with Gasteiger partial charge in [0.15, 0.2) is 0 Å². The molecule has 1 rings (SSSR count). The van der Waals surface area contributed by atoms with Crippen molar-refractivity contribution in [2.75, 3.05) is 14.2 Å². The van der Waals surface area contributed by atoms with Gasteiger partial charge < -0.3 is 13.9 Å². The zero-order valence-electron chi connectivity index (χ0n) is 16.2. The zero-order chi connectivity index (χ0) is 17.8. The van der Waals surface area contributed by atoms with Crippen molar-refractivity contribution in [3.63, 3.8) is 0 Å². The van der Waals surface area contributed by atoms with Gasteiger partial charge in [-0.15, -0.1) is 0 Å². The maximum absolute atomic E-state index is 11.8. The Morgan fingerprint density at radius 2 is 1.43 bits per heavy atom. The highest BCUT2D eigenvalue weighted by atomic mass is 28.4. The van der Waals surface area contributed by atoms with Gasteiger partial charge in [-0.1, -0.05) is 41.5 Å². The molecule has 0 amide bonds. The number of hydrogen-bond donors (Lipinski definition) is 0. The fourth-order valence-electron chi connectivity index (χ4n) is 4.54. The highest BCUT2D eigenvalue weighted by Crippen LogP contribution is 2.45. The largest absolute Gasteiger partial charge is 0.469 e. The van der Waals surface area contributed by atoms with Crippen molar-refractivity contribution in [3.8, 4) is 0 Å². The molecule has 0 heterocycles. The second-order valence-electron chi connectivity index (χ2n) is 7.78. The van der Waals surface area contributed by atoms with Gasteiger partial charge >= 0.3 is 5.97 Å². The number of methoxy groups -OCH3 is 2. The summed E-state index contributed by atoms with van der Waals surface area (Å²) in [7, 11) is 1.26. The minimum atomic E-state index is -1.93. The fourth-order valence-corrected chi connectivity index (χ4v) is 10.1. The Morgan fingerprint density at radius 1 is 0.913 bits per heavy atom. The lowest BCUT2D eigenvalue weighted by molar-refractivity contribution is -0.150. The molecule has 0 aromatic rings. The third-order valence-electron chi connectivity index (χ3n) is 5.63. The summed E-state index contributed by atoms with van der Waals surface area (Å²) in [5, 5.41) is 0. The van der Waals surface area contributed by atoms with Crippen LogP contribution in [0.5, 0.6) is 0 Å². The van der Waals surface area contributed by atoms with Crippen molar-refractivity contribution in [2.45, 2.75) is 89.6 Å². The van der Waals surface area contributed by atoms with Crippen LogP contribution < -0.4 is 0 Å². The molecular weight excluding hydrogens is 308 g/mol. The first-order chi connectivity index (χ1) is 10.7. The molecule has 0 N–H and O–H groups in total. The predicted molar refractivity (Wildman–Crippen MR) is 96.1 cm³/mol. The first-order valence-electron chi connectivity index (χ1n) is 8.99. The van der Waals surface area contributed by atoms with E-state index in [-0.39, 0.29) is 24.1 Å². The Hall–Kier alpha value is -0.393. The minimum Gasteiger partial charge on any atom is -0.469 e. The molecule has 0 radical (unpaired) electrons. The van der Waals surface area contributed by atoms with Gasteiger partial charge in [0, 0.05) is 7.11 Å². The summed E-state index contributed by atoms with van der Waals surface area (Å²) in [6.45, 7) is 13.8. The van der Waals surface area contributed by atoms with Gasteiger partial charge in [0.1, 0.15) is 0 Å². The molecule has 0 unspecified atom stereocenters. The second-order valence-corrected chi connectivity index (χ2v) is 13.2. The smallest absolute Gasteiger partial charge is 0.308 e. The average Bonchev–Trinajstić information content (AvgIpc) is 2.50. The van der Waals surface area contributed by atoms with Gasteiger partial charge in [-0.05, 0) is 35.9 Å². The van der Waals surface area contributed by atoms with Crippen LogP contribution in [0.15, 0.2) is 0 Å². The molecule has 0 bridgehead atoms. The molecule has 23 heavy (non-hydrogen) atoms. The van der Waals surface area contributed by atoms with Gasteiger partial charge in [-0.3, -0.25) is 4.79 Å². The molecule has 1 aliphatic rings. The third kappa shape index (κ3) is 4.37. The van der Waals surface area contributed by atoms with E-state index in [4.69, 9.17) is 13.9 Å². The normalized spacial score (nSPS) is 26.1. The number of rotatable bonds is 7. The standard InChI is InChI=1S/C18H36O4Si/c1-12(2)23(13(3)4,14(5)6)22-16-10-9-15(18(19)21-8)11-17(16)20-7/h12-17H,9-11H2,1-8H3/t15-,16-,17-/m1/s1. The monoisotopic (exact) mass is 344 g/mol.